The summed E-state index contributed by atoms with van der Waals surface area (Å²) < 4.78 is 37.2. The van der Waals surface area contributed by atoms with Crippen molar-refractivity contribution in [1.29, 1.82) is 0 Å². The Kier molecular flexibility index (Phi) is 2.20. The number of hydrogen-bond donors (Lipinski definition) is 1. The first-order valence-electron chi connectivity index (χ1n) is 4.48. The van der Waals surface area contributed by atoms with E-state index >= 15 is 0 Å². The van der Waals surface area contributed by atoms with Gasteiger partial charge in [0.2, 0.25) is 0 Å². The molecule has 0 bridgehead atoms. The van der Waals surface area contributed by atoms with Gasteiger partial charge in [-0.15, -0.1) is 0 Å². The van der Waals surface area contributed by atoms with Crippen molar-refractivity contribution in [3.05, 3.63) is 34.9 Å². The summed E-state index contributed by atoms with van der Waals surface area (Å²) in [6.45, 7) is 0. The third-order valence-corrected chi connectivity index (χ3v) is 2.57. The molecular weight excluding hydrogens is 223 g/mol. The minimum absolute atomic E-state index is 0.00215. The van der Waals surface area contributed by atoms with Crippen LogP contribution in [-0.4, -0.2) is 23.0 Å². The molecule has 1 amide bonds. The number of aliphatic hydroxyl groups is 1. The molecule has 1 N–H and O–H groups in total. The van der Waals surface area contributed by atoms with Gasteiger partial charge in [-0.1, -0.05) is 0 Å². The number of carbonyl (C=O) groups excluding carboxylic acids is 1. The Morgan fingerprint density at radius 1 is 1.38 bits per heavy atom. The Labute approximate surface area is 89.1 Å². The highest BCUT2D eigenvalue weighted by molar-refractivity contribution is 5.98. The molecule has 0 saturated heterocycles. The Bertz CT molecular complexity index is 456. The zero-order chi connectivity index (χ0) is 12.1. The lowest BCUT2D eigenvalue weighted by Crippen LogP contribution is -2.22. The van der Waals surface area contributed by atoms with E-state index in [4.69, 9.17) is 0 Å². The van der Waals surface area contributed by atoms with Crippen LogP contribution >= 0.6 is 0 Å². The quantitative estimate of drug-likeness (QED) is 0.739. The molecule has 0 aliphatic carbocycles. The molecule has 16 heavy (non-hydrogen) atoms. The lowest BCUT2D eigenvalue weighted by Gasteiger charge is -2.14. The Balaban J connectivity index is 2.54. The average Bonchev–Trinajstić information content (AvgIpc) is 2.43. The van der Waals surface area contributed by atoms with Gasteiger partial charge >= 0.3 is 6.18 Å². The minimum atomic E-state index is -4.47. The van der Waals surface area contributed by atoms with E-state index in [2.05, 4.69) is 0 Å². The number of benzene rings is 1. The van der Waals surface area contributed by atoms with Crippen LogP contribution in [0.5, 0.6) is 0 Å². The zero-order valence-electron chi connectivity index (χ0n) is 8.25. The Hall–Kier alpha value is -1.56. The third-order valence-electron chi connectivity index (χ3n) is 2.57. The van der Waals surface area contributed by atoms with Gasteiger partial charge in [0.1, 0.15) is 0 Å². The molecule has 1 aliphatic heterocycles. The second-order valence-corrected chi connectivity index (χ2v) is 3.59. The van der Waals surface area contributed by atoms with Crippen molar-refractivity contribution in [1.82, 2.24) is 4.90 Å². The SMILES string of the molecule is CN1C(=O)c2ccc(C(F)(F)F)cc2C1O. The van der Waals surface area contributed by atoms with Crippen LogP contribution in [0.4, 0.5) is 13.2 Å². The van der Waals surface area contributed by atoms with Crippen LogP contribution < -0.4 is 0 Å². The number of hydrogen-bond acceptors (Lipinski definition) is 2. The van der Waals surface area contributed by atoms with Gasteiger partial charge in [-0.2, -0.15) is 13.2 Å². The fourth-order valence-electron chi connectivity index (χ4n) is 1.66. The molecule has 1 aromatic carbocycles. The molecule has 0 aromatic heterocycles. The first-order valence-corrected chi connectivity index (χ1v) is 4.48. The highest BCUT2D eigenvalue weighted by Crippen LogP contribution is 2.36. The van der Waals surface area contributed by atoms with E-state index in [0.29, 0.717) is 0 Å². The number of carbonyl (C=O) groups is 1. The topological polar surface area (TPSA) is 40.5 Å². The molecular formula is C10H8F3NO2. The first-order chi connectivity index (χ1) is 7.32. The van der Waals surface area contributed by atoms with Crippen LogP contribution in [0.3, 0.4) is 0 Å². The fraction of sp³-hybridized carbons (Fsp3) is 0.300. The van der Waals surface area contributed by atoms with Gasteiger partial charge in [-0.3, -0.25) is 4.79 Å². The summed E-state index contributed by atoms with van der Waals surface area (Å²) in [5, 5.41) is 9.55. The van der Waals surface area contributed by atoms with E-state index in [1.807, 2.05) is 0 Å². The number of nitrogens with zero attached hydrogens (tertiary/aromatic N) is 1. The fourth-order valence-corrected chi connectivity index (χ4v) is 1.66. The smallest absolute Gasteiger partial charge is 0.369 e. The maximum atomic E-state index is 12.4. The van der Waals surface area contributed by atoms with Gasteiger partial charge in [0.25, 0.3) is 5.91 Å². The number of alkyl halides is 3. The Morgan fingerprint density at radius 2 is 2.00 bits per heavy atom. The molecule has 1 aromatic rings. The molecule has 3 nitrogen and oxygen atoms in total. The van der Waals surface area contributed by atoms with Crippen molar-refractivity contribution >= 4 is 5.91 Å². The Morgan fingerprint density at radius 3 is 2.56 bits per heavy atom. The van der Waals surface area contributed by atoms with Crippen LogP contribution in [0, 0.1) is 0 Å². The van der Waals surface area contributed by atoms with Gasteiger partial charge in [0.05, 0.1) is 5.56 Å². The number of halogens is 3. The molecule has 1 heterocycles. The van der Waals surface area contributed by atoms with E-state index in [0.717, 1.165) is 23.1 Å². The maximum Gasteiger partial charge on any atom is 0.416 e. The monoisotopic (exact) mass is 231 g/mol. The van der Waals surface area contributed by atoms with Crippen molar-refractivity contribution in [2.24, 2.45) is 0 Å². The van der Waals surface area contributed by atoms with Gasteiger partial charge in [0, 0.05) is 18.2 Å². The van der Waals surface area contributed by atoms with E-state index < -0.39 is 23.9 Å². The molecule has 0 radical (unpaired) electrons. The van der Waals surface area contributed by atoms with Crippen LogP contribution in [0.1, 0.15) is 27.7 Å². The molecule has 2 rings (SSSR count). The minimum Gasteiger partial charge on any atom is -0.369 e. The average molecular weight is 231 g/mol. The molecule has 0 saturated carbocycles. The van der Waals surface area contributed by atoms with Crippen molar-refractivity contribution < 1.29 is 23.1 Å². The van der Waals surface area contributed by atoms with Crippen molar-refractivity contribution in [3.8, 4) is 0 Å². The normalized spacial score (nSPS) is 20.2. The second kappa shape index (κ2) is 3.21. The lowest BCUT2D eigenvalue weighted by molar-refractivity contribution is -0.137. The van der Waals surface area contributed by atoms with E-state index in [-0.39, 0.29) is 11.1 Å². The predicted octanol–water partition coefficient (Wildman–Crippen LogP) is 1.78. The van der Waals surface area contributed by atoms with Gasteiger partial charge in [-0.25, -0.2) is 0 Å². The molecule has 6 heteroatoms. The summed E-state index contributed by atoms with van der Waals surface area (Å²) in [5.74, 6) is -0.476. The summed E-state index contributed by atoms with van der Waals surface area (Å²) in [4.78, 5) is 12.4. The maximum absolute atomic E-state index is 12.4. The largest absolute Gasteiger partial charge is 0.416 e. The lowest BCUT2D eigenvalue weighted by atomic mass is 10.1. The summed E-state index contributed by atoms with van der Waals surface area (Å²) in [6, 6.07) is 2.73. The highest BCUT2D eigenvalue weighted by atomic mass is 19.4. The summed E-state index contributed by atoms with van der Waals surface area (Å²) in [6.07, 6.45) is -5.77. The number of aliphatic hydroxyl groups excluding tert-OH is 1. The summed E-state index contributed by atoms with van der Waals surface area (Å²) in [7, 11) is 1.33. The molecule has 1 aliphatic rings. The van der Waals surface area contributed by atoms with Gasteiger partial charge in [0.15, 0.2) is 6.23 Å². The van der Waals surface area contributed by atoms with Crippen LogP contribution in [0.15, 0.2) is 18.2 Å². The van der Waals surface area contributed by atoms with Crippen molar-refractivity contribution in [3.63, 3.8) is 0 Å². The zero-order valence-corrected chi connectivity index (χ0v) is 8.25. The molecule has 1 atom stereocenters. The van der Waals surface area contributed by atoms with Crippen LogP contribution in [0.2, 0.25) is 0 Å². The van der Waals surface area contributed by atoms with Gasteiger partial charge in [-0.05, 0) is 18.2 Å². The molecule has 1 unspecified atom stereocenters. The molecule has 0 spiro atoms. The van der Waals surface area contributed by atoms with E-state index in [9.17, 15) is 23.1 Å². The van der Waals surface area contributed by atoms with Crippen molar-refractivity contribution in [2.45, 2.75) is 12.4 Å². The van der Waals surface area contributed by atoms with Crippen LogP contribution in [0.25, 0.3) is 0 Å². The van der Waals surface area contributed by atoms with E-state index in [1.54, 1.807) is 0 Å². The van der Waals surface area contributed by atoms with Crippen LogP contribution in [-0.2, 0) is 6.18 Å². The van der Waals surface area contributed by atoms with Crippen molar-refractivity contribution in [2.75, 3.05) is 7.05 Å². The number of rotatable bonds is 0. The molecule has 0 fully saturated rings. The predicted molar refractivity (Wildman–Crippen MR) is 48.5 cm³/mol. The summed E-state index contributed by atoms with van der Waals surface area (Å²) in [5.41, 5.74) is -0.751. The number of fused-ring (bicyclic) bond motifs is 1. The number of amides is 1. The first kappa shape index (κ1) is 10.9. The second-order valence-electron chi connectivity index (χ2n) is 3.59. The third kappa shape index (κ3) is 1.46. The standard InChI is InChI=1S/C10H8F3NO2/c1-14-8(15)6-3-2-5(10(11,12)13)4-7(6)9(14)16/h2-4,9,16H,1H3. The van der Waals surface area contributed by atoms with Gasteiger partial charge < -0.3 is 10.0 Å². The molecule has 86 valence electrons. The highest BCUT2D eigenvalue weighted by Gasteiger charge is 2.37. The van der Waals surface area contributed by atoms with E-state index in [1.165, 1.54) is 7.05 Å². The summed E-state index contributed by atoms with van der Waals surface area (Å²) >= 11 is 0.